The van der Waals surface area contributed by atoms with Gasteiger partial charge in [0.25, 0.3) is 0 Å². The summed E-state index contributed by atoms with van der Waals surface area (Å²) in [6, 6.07) is 5.05. The fourth-order valence-electron chi connectivity index (χ4n) is 4.82. The monoisotopic (exact) mass is 368 g/mol. The van der Waals surface area contributed by atoms with Gasteiger partial charge in [0.05, 0.1) is 6.54 Å². The molecule has 0 amide bonds. The van der Waals surface area contributed by atoms with Gasteiger partial charge in [0.1, 0.15) is 11.5 Å². The van der Waals surface area contributed by atoms with Gasteiger partial charge in [-0.1, -0.05) is 38.5 Å². The van der Waals surface area contributed by atoms with E-state index in [1.54, 1.807) is 0 Å². The molecular weight excluding hydrogens is 332 g/mol. The molecule has 2 heterocycles. The van der Waals surface area contributed by atoms with Gasteiger partial charge in [-0.25, -0.2) is 0 Å². The molecule has 3 heteroatoms. The summed E-state index contributed by atoms with van der Waals surface area (Å²) in [6.45, 7) is 15.6. The van der Waals surface area contributed by atoms with Crippen LogP contribution in [0.4, 0.5) is 0 Å². The van der Waals surface area contributed by atoms with E-state index in [1.165, 1.54) is 47.2 Å². The molecule has 2 aliphatic heterocycles. The summed E-state index contributed by atoms with van der Waals surface area (Å²) in [5, 5.41) is 0. The van der Waals surface area contributed by atoms with E-state index in [0.717, 1.165) is 24.6 Å². The number of rotatable bonds is 5. The molecule has 0 saturated heterocycles. The molecule has 0 aliphatic carbocycles. The summed E-state index contributed by atoms with van der Waals surface area (Å²) in [6.07, 6.45) is 5.79. The van der Waals surface area contributed by atoms with E-state index in [0.29, 0.717) is 12.0 Å². The lowest BCUT2D eigenvalue weighted by Crippen LogP contribution is -2.44. The van der Waals surface area contributed by atoms with Crippen molar-refractivity contribution in [3.05, 3.63) is 52.1 Å². The summed E-state index contributed by atoms with van der Waals surface area (Å²) in [5.41, 5.74) is 6.61. The third kappa shape index (κ3) is 3.88. The van der Waals surface area contributed by atoms with Crippen LogP contribution in [0, 0.1) is 26.7 Å². The maximum absolute atomic E-state index is 6.61. The fourth-order valence-corrected chi connectivity index (χ4v) is 4.82. The predicted octanol–water partition coefficient (Wildman–Crippen LogP) is 5.56. The number of ether oxygens (including phenoxy) is 1. The van der Waals surface area contributed by atoms with Crippen molar-refractivity contribution in [1.29, 1.82) is 0 Å². The molecule has 0 spiro atoms. The van der Waals surface area contributed by atoms with E-state index < -0.39 is 0 Å². The van der Waals surface area contributed by atoms with Crippen molar-refractivity contribution in [2.24, 2.45) is 5.92 Å². The molecule has 0 saturated carbocycles. The highest BCUT2D eigenvalue weighted by Gasteiger charge is 2.34. The van der Waals surface area contributed by atoms with Crippen molar-refractivity contribution < 1.29 is 4.74 Å². The van der Waals surface area contributed by atoms with Crippen LogP contribution in [0.2, 0.25) is 0 Å². The Labute approximate surface area is 165 Å². The Hall–Kier alpha value is -1.90. The number of nitrogens with zero attached hydrogens (tertiary/aromatic N) is 2. The molecule has 1 atom stereocenters. The van der Waals surface area contributed by atoms with Crippen molar-refractivity contribution in [3.8, 4) is 5.75 Å². The molecule has 1 unspecified atom stereocenters. The summed E-state index contributed by atoms with van der Waals surface area (Å²) in [4.78, 5) is 4.94. The third-order valence-electron chi connectivity index (χ3n) is 6.16. The zero-order valence-electron chi connectivity index (χ0n) is 18.2. The Morgan fingerprint density at radius 1 is 1.11 bits per heavy atom. The van der Waals surface area contributed by atoms with Gasteiger partial charge < -0.3 is 14.5 Å². The van der Waals surface area contributed by atoms with Crippen LogP contribution in [0.25, 0.3) is 0 Å². The highest BCUT2D eigenvalue weighted by molar-refractivity contribution is 5.47. The minimum atomic E-state index is 0.539. The SMILES string of the molecule is CCC(CC)N1CCC(C)C2=C1CN(C)C=C2Oc1c(C)cc(C)cc1C. The second-order valence-corrected chi connectivity index (χ2v) is 8.45. The summed E-state index contributed by atoms with van der Waals surface area (Å²) in [5.74, 6) is 2.59. The molecule has 27 heavy (non-hydrogen) atoms. The molecule has 1 aromatic carbocycles. The number of likely N-dealkylation sites (N-methyl/N-ethyl adjacent to an activating group) is 1. The summed E-state index contributed by atoms with van der Waals surface area (Å²) in [7, 11) is 2.16. The second kappa shape index (κ2) is 8.00. The van der Waals surface area contributed by atoms with Gasteiger partial charge in [0.15, 0.2) is 0 Å². The zero-order chi connectivity index (χ0) is 19.7. The smallest absolute Gasteiger partial charge is 0.148 e. The van der Waals surface area contributed by atoms with Crippen LogP contribution in [0.1, 0.15) is 56.7 Å². The third-order valence-corrected chi connectivity index (χ3v) is 6.16. The zero-order valence-corrected chi connectivity index (χ0v) is 18.2. The molecule has 0 fully saturated rings. The van der Waals surface area contributed by atoms with E-state index in [9.17, 15) is 0 Å². The first-order chi connectivity index (χ1) is 12.8. The van der Waals surface area contributed by atoms with Gasteiger partial charge in [-0.05, 0) is 57.1 Å². The van der Waals surface area contributed by atoms with Gasteiger partial charge in [0, 0.05) is 37.1 Å². The lowest BCUT2D eigenvalue weighted by molar-refractivity contribution is 0.181. The molecule has 3 rings (SSSR count). The van der Waals surface area contributed by atoms with Crippen molar-refractivity contribution in [1.82, 2.24) is 9.80 Å². The average Bonchev–Trinajstić information content (AvgIpc) is 2.60. The van der Waals surface area contributed by atoms with Crippen LogP contribution in [-0.4, -0.2) is 36.0 Å². The quantitative estimate of drug-likeness (QED) is 0.676. The van der Waals surface area contributed by atoms with Crippen LogP contribution in [-0.2, 0) is 0 Å². The fraction of sp³-hybridized carbons (Fsp3) is 0.583. The number of allylic oxidation sites excluding steroid dienone is 1. The largest absolute Gasteiger partial charge is 0.455 e. The molecule has 0 aromatic heterocycles. The normalized spacial score (nSPS) is 20.1. The Kier molecular flexibility index (Phi) is 5.88. The highest BCUT2D eigenvalue weighted by atomic mass is 16.5. The first kappa shape index (κ1) is 19.9. The van der Waals surface area contributed by atoms with Crippen LogP contribution in [0.3, 0.4) is 0 Å². The number of hydrogen-bond donors (Lipinski definition) is 0. The molecule has 3 nitrogen and oxygen atoms in total. The van der Waals surface area contributed by atoms with Gasteiger partial charge in [-0.2, -0.15) is 0 Å². The average molecular weight is 369 g/mol. The topological polar surface area (TPSA) is 15.7 Å². The number of hydrogen-bond acceptors (Lipinski definition) is 3. The Morgan fingerprint density at radius 3 is 2.33 bits per heavy atom. The van der Waals surface area contributed by atoms with E-state index in [1.807, 2.05) is 0 Å². The molecule has 0 bridgehead atoms. The van der Waals surface area contributed by atoms with Crippen LogP contribution in [0.5, 0.6) is 5.75 Å². The predicted molar refractivity (Wildman–Crippen MR) is 114 cm³/mol. The van der Waals surface area contributed by atoms with Crippen molar-refractivity contribution >= 4 is 0 Å². The standard InChI is InChI=1S/C24H36N2O/c1-8-20(9-2)26-11-10-17(4)23-21(26)14-25(7)15-22(23)27-24-18(5)12-16(3)13-19(24)6/h12-13,15,17,20H,8-11,14H2,1-7H3. The molecule has 0 N–H and O–H groups in total. The van der Waals surface area contributed by atoms with Gasteiger partial charge in [-0.15, -0.1) is 0 Å². The summed E-state index contributed by atoms with van der Waals surface area (Å²) >= 11 is 0. The molecule has 0 radical (unpaired) electrons. The first-order valence-corrected chi connectivity index (χ1v) is 10.5. The van der Waals surface area contributed by atoms with Gasteiger partial charge >= 0.3 is 0 Å². The maximum atomic E-state index is 6.61. The van der Waals surface area contributed by atoms with Crippen LogP contribution >= 0.6 is 0 Å². The van der Waals surface area contributed by atoms with E-state index in [2.05, 4.69) is 76.7 Å². The first-order valence-electron chi connectivity index (χ1n) is 10.5. The van der Waals surface area contributed by atoms with E-state index >= 15 is 0 Å². The lowest BCUT2D eigenvalue weighted by atomic mass is 9.87. The van der Waals surface area contributed by atoms with Crippen LogP contribution < -0.4 is 4.74 Å². The van der Waals surface area contributed by atoms with Gasteiger partial charge in [0.2, 0.25) is 0 Å². The Bertz CT molecular complexity index is 735. The lowest BCUT2D eigenvalue weighted by Gasteiger charge is -2.45. The second-order valence-electron chi connectivity index (χ2n) is 8.45. The van der Waals surface area contributed by atoms with Crippen LogP contribution in [0.15, 0.2) is 35.4 Å². The Balaban J connectivity index is 2.02. The van der Waals surface area contributed by atoms with E-state index in [-0.39, 0.29) is 0 Å². The molecule has 2 aliphatic rings. The van der Waals surface area contributed by atoms with Gasteiger partial charge in [-0.3, -0.25) is 0 Å². The molecular formula is C24H36N2O. The van der Waals surface area contributed by atoms with Crippen molar-refractivity contribution in [2.45, 2.75) is 66.8 Å². The minimum absolute atomic E-state index is 0.539. The van der Waals surface area contributed by atoms with Crippen molar-refractivity contribution in [2.75, 3.05) is 20.1 Å². The Morgan fingerprint density at radius 2 is 1.74 bits per heavy atom. The van der Waals surface area contributed by atoms with Crippen molar-refractivity contribution in [3.63, 3.8) is 0 Å². The minimum Gasteiger partial charge on any atom is -0.455 e. The molecule has 148 valence electrons. The van der Waals surface area contributed by atoms with E-state index in [4.69, 9.17) is 4.74 Å². The maximum Gasteiger partial charge on any atom is 0.148 e. The number of benzene rings is 1. The molecule has 1 aromatic rings. The highest BCUT2D eigenvalue weighted by Crippen LogP contribution is 2.39. The number of aryl methyl sites for hydroxylation is 3. The summed E-state index contributed by atoms with van der Waals surface area (Å²) < 4.78 is 6.61.